The van der Waals surface area contributed by atoms with E-state index in [-0.39, 0.29) is 24.0 Å². The molecule has 4 aliphatic rings. The number of esters is 2. The van der Waals surface area contributed by atoms with Gasteiger partial charge in [0, 0.05) is 18.3 Å². The first-order valence-electron chi connectivity index (χ1n) is 11.2. The van der Waals surface area contributed by atoms with Gasteiger partial charge in [-0.3, -0.25) is 9.59 Å². The third kappa shape index (κ3) is 7.46. The van der Waals surface area contributed by atoms with Gasteiger partial charge in [-0.05, 0) is 37.0 Å². The van der Waals surface area contributed by atoms with Crippen molar-refractivity contribution in [3.8, 4) is 0 Å². The number of hydrogen-bond acceptors (Lipinski definition) is 4. The van der Waals surface area contributed by atoms with Crippen molar-refractivity contribution in [3.05, 3.63) is 0 Å². The molecule has 2 heterocycles. The third-order valence-electron chi connectivity index (χ3n) is 5.11. The van der Waals surface area contributed by atoms with Gasteiger partial charge in [0.15, 0.2) is 0 Å². The van der Waals surface area contributed by atoms with Crippen molar-refractivity contribution in [1.82, 2.24) is 0 Å². The van der Waals surface area contributed by atoms with Crippen LogP contribution in [0, 0.1) is 35.5 Å². The molecular weight excluding hydrogens is 340 g/mol. The molecule has 0 aromatic heterocycles. The van der Waals surface area contributed by atoms with E-state index < -0.39 is 0 Å². The Bertz CT molecular complexity index is 419. The number of carbonyl (C=O) groups is 2. The highest BCUT2D eigenvalue weighted by atomic mass is 16.6. The summed E-state index contributed by atoms with van der Waals surface area (Å²) in [6.45, 7) is 19.7. The van der Waals surface area contributed by atoms with Gasteiger partial charge in [-0.1, -0.05) is 62.3 Å². The highest BCUT2D eigenvalue weighted by molar-refractivity contribution is 5.76. The third-order valence-corrected chi connectivity index (χ3v) is 5.11. The summed E-state index contributed by atoms with van der Waals surface area (Å²) in [5, 5.41) is 0. The number of hydrogen-bond donors (Lipinski definition) is 0. The van der Waals surface area contributed by atoms with Crippen molar-refractivity contribution in [1.29, 1.82) is 0 Å². The van der Waals surface area contributed by atoms with Gasteiger partial charge in [0.05, 0.1) is 12.5 Å². The molecule has 5 unspecified atom stereocenters. The molecule has 2 bridgehead atoms. The molecule has 0 amide bonds. The second kappa shape index (κ2) is 13.2. The number of ether oxygens (including phenoxy) is 2. The Balaban J connectivity index is 0.000000408. The second-order valence-electron chi connectivity index (χ2n) is 8.28. The minimum Gasteiger partial charge on any atom is -0.466 e. The minimum absolute atomic E-state index is 0.0463. The zero-order valence-electron chi connectivity index (χ0n) is 19.2. The van der Waals surface area contributed by atoms with Gasteiger partial charge < -0.3 is 9.47 Å². The quantitative estimate of drug-likeness (QED) is 0.530. The van der Waals surface area contributed by atoms with Crippen molar-refractivity contribution in [2.45, 2.75) is 94.1 Å². The van der Waals surface area contributed by atoms with Crippen LogP contribution in [-0.2, 0) is 19.1 Å². The first-order chi connectivity index (χ1) is 12.8. The van der Waals surface area contributed by atoms with Gasteiger partial charge in [0.2, 0.25) is 0 Å². The largest absolute Gasteiger partial charge is 0.466 e. The Labute approximate surface area is 167 Å². The summed E-state index contributed by atoms with van der Waals surface area (Å²) in [6, 6.07) is 0. The molecule has 2 saturated carbocycles. The molecule has 2 saturated heterocycles. The fourth-order valence-electron chi connectivity index (χ4n) is 4.40. The summed E-state index contributed by atoms with van der Waals surface area (Å²) >= 11 is 0. The SMILES string of the molecule is CC.CC.CC(C)C.CC(C)C1C2CC3C(=O)OC1C3C2.O=C1CCCO1. The zero-order chi connectivity index (χ0) is 21.1. The predicted octanol–water partition coefficient (Wildman–Crippen LogP) is 5.88. The van der Waals surface area contributed by atoms with Gasteiger partial charge in [0.25, 0.3) is 0 Å². The molecule has 27 heavy (non-hydrogen) atoms. The van der Waals surface area contributed by atoms with E-state index in [1.807, 2.05) is 27.7 Å². The molecule has 4 fully saturated rings. The van der Waals surface area contributed by atoms with Gasteiger partial charge in [-0.15, -0.1) is 0 Å². The summed E-state index contributed by atoms with van der Waals surface area (Å²) in [7, 11) is 0. The maximum atomic E-state index is 11.4. The molecule has 0 N–H and O–H groups in total. The maximum Gasteiger partial charge on any atom is 0.309 e. The number of cyclic esters (lactones) is 1. The maximum absolute atomic E-state index is 11.4. The Morgan fingerprint density at radius 3 is 1.85 bits per heavy atom. The minimum atomic E-state index is -0.0463. The van der Waals surface area contributed by atoms with Crippen LogP contribution in [0.25, 0.3) is 0 Å². The van der Waals surface area contributed by atoms with Crippen LogP contribution in [0.3, 0.4) is 0 Å². The predicted molar refractivity (Wildman–Crippen MR) is 111 cm³/mol. The molecule has 0 spiro atoms. The molecule has 2 aliphatic carbocycles. The van der Waals surface area contributed by atoms with Crippen LogP contribution in [0.4, 0.5) is 0 Å². The molecule has 160 valence electrons. The van der Waals surface area contributed by atoms with E-state index in [1.54, 1.807) is 0 Å². The molecule has 4 heteroatoms. The van der Waals surface area contributed by atoms with E-state index in [1.165, 1.54) is 6.42 Å². The average molecular weight is 385 g/mol. The normalized spacial score (nSPS) is 31.4. The van der Waals surface area contributed by atoms with Crippen LogP contribution in [0.15, 0.2) is 0 Å². The topological polar surface area (TPSA) is 52.6 Å². The highest BCUT2D eigenvalue weighted by Crippen LogP contribution is 2.59. The summed E-state index contributed by atoms with van der Waals surface area (Å²) in [4.78, 5) is 21.5. The van der Waals surface area contributed by atoms with Crippen LogP contribution in [0.1, 0.15) is 88.0 Å². The highest BCUT2D eigenvalue weighted by Gasteiger charge is 2.61. The van der Waals surface area contributed by atoms with E-state index in [9.17, 15) is 9.59 Å². The van der Waals surface area contributed by atoms with Crippen LogP contribution < -0.4 is 0 Å². The van der Waals surface area contributed by atoms with Gasteiger partial charge in [-0.2, -0.15) is 0 Å². The van der Waals surface area contributed by atoms with Crippen molar-refractivity contribution in [3.63, 3.8) is 0 Å². The monoisotopic (exact) mass is 384 g/mol. The van der Waals surface area contributed by atoms with Crippen molar-refractivity contribution >= 4 is 11.9 Å². The summed E-state index contributed by atoms with van der Waals surface area (Å²) < 4.78 is 9.99. The fourth-order valence-corrected chi connectivity index (χ4v) is 4.40. The van der Waals surface area contributed by atoms with Crippen molar-refractivity contribution in [2.75, 3.05) is 6.61 Å². The number of fused-ring (bicyclic) bond motifs is 1. The molecule has 4 nitrogen and oxygen atoms in total. The number of carbonyl (C=O) groups excluding carboxylic acids is 2. The lowest BCUT2D eigenvalue weighted by Crippen LogP contribution is -2.30. The Morgan fingerprint density at radius 1 is 0.926 bits per heavy atom. The molecule has 2 aliphatic heterocycles. The Morgan fingerprint density at radius 2 is 1.48 bits per heavy atom. The van der Waals surface area contributed by atoms with Gasteiger partial charge >= 0.3 is 11.9 Å². The molecule has 0 aromatic carbocycles. The van der Waals surface area contributed by atoms with Gasteiger partial charge in [-0.25, -0.2) is 0 Å². The van der Waals surface area contributed by atoms with E-state index in [4.69, 9.17) is 4.74 Å². The van der Waals surface area contributed by atoms with Crippen LogP contribution in [0.5, 0.6) is 0 Å². The Hall–Kier alpha value is -1.06. The zero-order valence-corrected chi connectivity index (χ0v) is 19.2. The standard InChI is InChI=1S/C11H16O2.C4H6O2.C4H10.2C2H6/c1-5(2)9-6-3-7-8(4-6)11(12)13-10(7)9;5-4-2-1-3-6-4;1-4(2)3;2*1-2/h5-10H,3-4H2,1-2H3;1-3H2;4H,1-3H3;2*1-2H3. The van der Waals surface area contributed by atoms with Crippen LogP contribution >= 0.6 is 0 Å². The Kier molecular flexibility index (Phi) is 12.7. The molecule has 4 rings (SSSR count). The lowest BCUT2D eigenvalue weighted by atomic mass is 9.77. The van der Waals surface area contributed by atoms with E-state index >= 15 is 0 Å². The molecule has 0 aromatic rings. The van der Waals surface area contributed by atoms with E-state index in [2.05, 4.69) is 39.4 Å². The van der Waals surface area contributed by atoms with Gasteiger partial charge in [0.1, 0.15) is 6.10 Å². The number of rotatable bonds is 1. The fraction of sp³-hybridized carbons (Fsp3) is 0.913. The summed E-state index contributed by atoms with van der Waals surface area (Å²) in [6.07, 6.45) is 4.20. The molecule has 0 radical (unpaired) electrons. The van der Waals surface area contributed by atoms with Crippen LogP contribution in [-0.4, -0.2) is 24.6 Å². The van der Waals surface area contributed by atoms with Crippen molar-refractivity contribution in [2.24, 2.45) is 35.5 Å². The van der Waals surface area contributed by atoms with E-state index in [0.29, 0.717) is 30.8 Å². The first kappa shape index (κ1) is 25.9. The average Bonchev–Trinajstić information content (AvgIpc) is 3.36. The smallest absolute Gasteiger partial charge is 0.309 e. The van der Waals surface area contributed by atoms with Crippen LogP contribution in [0.2, 0.25) is 0 Å². The summed E-state index contributed by atoms with van der Waals surface area (Å²) in [5.74, 6) is 3.87. The molecule has 5 atom stereocenters. The van der Waals surface area contributed by atoms with E-state index in [0.717, 1.165) is 24.7 Å². The lowest BCUT2D eigenvalue weighted by molar-refractivity contribution is -0.144. The first-order valence-corrected chi connectivity index (χ1v) is 11.2. The second-order valence-corrected chi connectivity index (χ2v) is 8.28. The summed E-state index contributed by atoms with van der Waals surface area (Å²) in [5.41, 5.74) is 0. The molecular formula is C23H44O4. The van der Waals surface area contributed by atoms with Crippen molar-refractivity contribution < 1.29 is 19.1 Å². The lowest BCUT2D eigenvalue weighted by Gasteiger charge is -2.28.